The van der Waals surface area contributed by atoms with Gasteiger partial charge in [0.05, 0.1) is 16.8 Å². The van der Waals surface area contributed by atoms with E-state index >= 15 is 0 Å². The van der Waals surface area contributed by atoms with Crippen LogP contribution in [-0.2, 0) is 11.2 Å². The summed E-state index contributed by atoms with van der Waals surface area (Å²) >= 11 is 5.96. The summed E-state index contributed by atoms with van der Waals surface area (Å²) in [5, 5.41) is 6.34. The number of anilines is 1. The Bertz CT molecular complexity index is 750. The molecule has 1 amide bonds. The van der Waals surface area contributed by atoms with Crippen LogP contribution in [0.3, 0.4) is 0 Å². The first-order chi connectivity index (χ1) is 11.5. The lowest BCUT2D eigenvalue weighted by molar-refractivity contribution is -0.118. The van der Waals surface area contributed by atoms with Gasteiger partial charge in [-0.15, -0.1) is 0 Å². The van der Waals surface area contributed by atoms with E-state index in [4.69, 9.17) is 11.6 Å². The number of nitrogens with one attached hydrogen (secondary N) is 2. The lowest BCUT2D eigenvalue weighted by Crippen LogP contribution is -2.41. The van der Waals surface area contributed by atoms with Crippen molar-refractivity contribution >= 4 is 23.2 Å². The third-order valence-electron chi connectivity index (χ3n) is 4.40. The lowest BCUT2D eigenvalue weighted by atomic mass is 9.87. The molecule has 3 rings (SSSR count). The van der Waals surface area contributed by atoms with Gasteiger partial charge >= 0.3 is 0 Å². The Morgan fingerprint density at radius 3 is 2.88 bits per heavy atom. The maximum Gasteiger partial charge on any atom is 0.241 e. The first-order valence-electron chi connectivity index (χ1n) is 8.14. The van der Waals surface area contributed by atoms with Crippen molar-refractivity contribution in [1.82, 2.24) is 5.32 Å². The van der Waals surface area contributed by atoms with Gasteiger partial charge in [0.25, 0.3) is 0 Å². The predicted octanol–water partition coefficient (Wildman–Crippen LogP) is 4.47. The van der Waals surface area contributed by atoms with Crippen molar-refractivity contribution in [2.75, 3.05) is 5.32 Å². The molecule has 0 fully saturated rings. The Morgan fingerprint density at radius 2 is 2.08 bits per heavy atom. The number of carbonyl (C=O) groups is 1. The summed E-state index contributed by atoms with van der Waals surface area (Å²) in [6.45, 7) is 1.82. The minimum atomic E-state index is -0.428. The van der Waals surface area contributed by atoms with Crippen molar-refractivity contribution in [3.63, 3.8) is 0 Å². The summed E-state index contributed by atoms with van der Waals surface area (Å²) < 4.78 is 13.1. The van der Waals surface area contributed by atoms with Crippen LogP contribution in [0.5, 0.6) is 0 Å². The van der Waals surface area contributed by atoms with Crippen LogP contribution in [0, 0.1) is 5.82 Å². The fraction of sp³-hybridized carbons (Fsp3) is 0.316. The first-order valence-corrected chi connectivity index (χ1v) is 8.52. The van der Waals surface area contributed by atoms with Crippen LogP contribution in [0.4, 0.5) is 10.1 Å². The zero-order valence-electron chi connectivity index (χ0n) is 13.5. The Morgan fingerprint density at radius 1 is 1.29 bits per heavy atom. The SMILES string of the molecule is C[C@@H](N[C@H]1CCCc2ccccc21)C(=O)Nc1ccc(F)cc1Cl. The maximum absolute atomic E-state index is 13.1. The second kappa shape index (κ2) is 7.32. The van der Waals surface area contributed by atoms with Crippen LogP contribution in [-0.4, -0.2) is 11.9 Å². The smallest absolute Gasteiger partial charge is 0.241 e. The molecule has 2 aromatic rings. The van der Waals surface area contributed by atoms with Crippen LogP contribution in [0.1, 0.15) is 36.9 Å². The van der Waals surface area contributed by atoms with Crippen LogP contribution in [0.25, 0.3) is 0 Å². The minimum absolute atomic E-state index is 0.166. The molecular formula is C19H20ClFN2O. The van der Waals surface area contributed by atoms with Gasteiger partial charge in [0, 0.05) is 6.04 Å². The molecule has 0 unspecified atom stereocenters. The normalized spacial score (nSPS) is 17.9. The highest BCUT2D eigenvalue weighted by Crippen LogP contribution is 2.30. The van der Waals surface area contributed by atoms with Gasteiger partial charge in [0.15, 0.2) is 0 Å². The van der Waals surface area contributed by atoms with Crippen molar-refractivity contribution in [1.29, 1.82) is 0 Å². The number of aryl methyl sites for hydroxylation is 1. The molecule has 2 aromatic carbocycles. The molecule has 0 radical (unpaired) electrons. The van der Waals surface area contributed by atoms with Crippen molar-refractivity contribution in [3.05, 3.63) is 64.4 Å². The number of fused-ring (bicyclic) bond motifs is 1. The van der Waals surface area contributed by atoms with Crippen molar-refractivity contribution in [2.45, 2.75) is 38.3 Å². The molecule has 0 spiro atoms. The summed E-state index contributed by atoms with van der Waals surface area (Å²) in [5.41, 5.74) is 3.03. The van der Waals surface area contributed by atoms with Gasteiger partial charge in [-0.1, -0.05) is 35.9 Å². The molecular weight excluding hydrogens is 327 g/mol. The molecule has 0 heterocycles. The molecule has 0 bridgehead atoms. The van der Waals surface area contributed by atoms with Crippen LogP contribution in [0.15, 0.2) is 42.5 Å². The summed E-state index contributed by atoms with van der Waals surface area (Å²) in [6.07, 6.45) is 3.19. The van der Waals surface area contributed by atoms with E-state index < -0.39 is 5.82 Å². The average Bonchev–Trinajstić information content (AvgIpc) is 2.57. The van der Waals surface area contributed by atoms with Gasteiger partial charge in [0.2, 0.25) is 5.91 Å². The fourth-order valence-corrected chi connectivity index (χ4v) is 3.35. The van der Waals surface area contributed by atoms with Gasteiger partial charge in [-0.2, -0.15) is 0 Å². The van der Waals surface area contributed by atoms with Crippen molar-refractivity contribution < 1.29 is 9.18 Å². The summed E-state index contributed by atoms with van der Waals surface area (Å²) in [7, 11) is 0. The number of benzene rings is 2. The lowest BCUT2D eigenvalue weighted by Gasteiger charge is -2.29. The molecule has 5 heteroatoms. The van der Waals surface area contributed by atoms with Gasteiger partial charge in [-0.3, -0.25) is 10.1 Å². The van der Waals surface area contributed by atoms with Gasteiger partial charge in [0.1, 0.15) is 5.82 Å². The molecule has 24 heavy (non-hydrogen) atoms. The third-order valence-corrected chi connectivity index (χ3v) is 4.72. The molecule has 0 aliphatic heterocycles. The first kappa shape index (κ1) is 16.9. The predicted molar refractivity (Wildman–Crippen MR) is 94.8 cm³/mol. The molecule has 126 valence electrons. The number of halogens is 2. The quantitative estimate of drug-likeness (QED) is 0.857. The molecule has 2 N–H and O–H groups in total. The largest absolute Gasteiger partial charge is 0.323 e. The van der Waals surface area contributed by atoms with E-state index in [0.29, 0.717) is 5.69 Å². The molecule has 2 atom stereocenters. The van der Waals surface area contributed by atoms with E-state index in [9.17, 15) is 9.18 Å². The zero-order chi connectivity index (χ0) is 17.1. The molecule has 0 saturated heterocycles. The van der Waals surface area contributed by atoms with Gasteiger partial charge < -0.3 is 5.32 Å². The number of hydrogen-bond donors (Lipinski definition) is 2. The van der Waals surface area contributed by atoms with E-state index in [1.165, 1.54) is 29.3 Å². The highest BCUT2D eigenvalue weighted by atomic mass is 35.5. The highest BCUT2D eigenvalue weighted by Gasteiger charge is 2.24. The van der Waals surface area contributed by atoms with Crippen molar-refractivity contribution in [2.24, 2.45) is 0 Å². The van der Waals surface area contributed by atoms with Gasteiger partial charge in [-0.05, 0) is 55.5 Å². The molecule has 0 aromatic heterocycles. The zero-order valence-corrected chi connectivity index (χ0v) is 14.2. The standard InChI is InChI=1S/C19H20ClFN2O/c1-12(19(24)23-18-10-9-14(21)11-16(18)20)22-17-8-4-6-13-5-2-3-7-15(13)17/h2-3,5,7,9-12,17,22H,4,6,8H2,1H3,(H,23,24)/t12-,17+/m1/s1. The van der Waals surface area contributed by atoms with E-state index in [1.54, 1.807) is 0 Å². The van der Waals surface area contributed by atoms with E-state index in [1.807, 2.05) is 19.1 Å². The number of carbonyl (C=O) groups excluding carboxylic acids is 1. The number of rotatable bonds is 4. The molecule has 1 aliphatic carbocycles. The Kier molecular flexibility index (Phi) is 5.17. The molecule has 3 nitrogen and oxygen atoms in total. The second-order valence-corrected chi connectivity index (χ2v) is 6.55. The van der Waals surface area contributed by atoms with Crippen molar-refractivity contribution in [3.8, 4) is 0 Å². The fourth-order valence-electron chi connectivity index (χ4n) is 3.14. The minimum Gasteiger partial charge on any atom is -0.323 e. The van der Waals surface area contributed by atoms with E-state index in [0.717, 1.165) is 19.3 Å². The Hall–Kier alpha value is -1.91. The average molecular weight is 347 g/mol. The van der Waals surface area contributed by atoms with Crippen LogP contribution in [0.2, 0.25) is 5.02 Å². The van der Waals surface area contributed by atoms with E-state index in [-0.39, 0.29) is 23.0 Å². The number of amides is 1. The van der Waals surface area contributed by atoms with Crippen LogP contribution >= 0.6 is 11.6 Å². The topological polar surface area (TPSA) is 41.1 Å². The summed E-state index contributed by atoms with van der Waals surface area (Å²) in [5.74, 6) is -0.616. The van der Waals surface area contributed by atoms with E-state index in [2.05, 4.69) is 22.8 Å². The molecule has 1 aliphatic rings. The number of hydrogen-bond acceptors (Lipinski definition) is 2. The summed E-state index contributed by atoms with van der Waals surface area (Å²) in [4.78, 5) is 12.4. The second-order valence-electron chi connectivity index (χ2n) is 6.15. The van der Waals surface area contributed by atoms with Crippen LogP contribution < -0.4 is 10.6 Å². The summed E-state index contributed by atoms with van der Waals surface area (Å²) in [6, 6.07) is 12.1. The Balaban J connectivity index is 1.67. The van der Waals surface area contributed by atoms with Gasteiger partial charge in [-0.25, -0.2) is 4.39 Å². The third kappa shape index (κ3) is 3.77. The molecule has 0 saturated carbocycles. The monoisotopic (exact) mass is 346 g/mol. The Labute approximate surface area is 146 Å². The maximum atomic E-state index is 13.1. The highest BCUT2D eigenvalue weighted by molar-refractivity contribution is 6.33.